The van der Waals surface area contributed by atoms with E-state index in [1.165, 1.54) is 17.5 Å². The molecule has 1 aliphatic heterocycles. The van der Waals surface area contributed by atoms with Crippen LogP contribution in [0.2, 0.25) is 0 Å². The monoisotopic (exact) mass is 354 g/mol. The Hall–Kier alpha value is -2.21. The molecule has 0 spiro atoms. The molecular formula is C20H26N4O2. The van der Waals surface area contributed by atoms with Gasteiger partial charge in [-0.3, -0.25) is 10.1 Å². The summed E-state index contributed by atoms with van der Waals surface area (Å²) in [5.41, 5.74) is 2.28. The van der Waals surface area contributed by atoms with E-state index in [0.29, 0.717) is 24.8 Å². The lowest BCUT2D eigenvalue weighted by molar-refractivity contribution is -0.131. The van der Waals surface area contributed by atoms with Crippen molar-refractivity contribution in [1.29, 1.82) is 0 Å². The Labute approximate surface area is 154 Å². The van der Waals surface area contributed by atoms with Crippen molar-refractivity contribution < 1.29 is 9.32 Å². The number of aromatic nitrogens is 2. The molecule has 0 saturated heterocycles. The molecule has 1 aromatic heterocycles. The van der Waals surface area contributed by atoms with Gasteiger partial charge in [0.25, 0.3) is 0 Å². The first-order chi connectivity index (χ1) is 12.7. The van der Waals surface area contributed by atoms with Gasteiger partial charge in [-0.05, 0) is 30.4 Å². The predicted molar refractivity (Wildman–Crippen MR) is 97.4 cm³/mol. The summed E-state index contributed by atoms with van der Waals surface area (Å²) in [6, 6.07) is 8.39. The smallest absolute Gasteiger partial charge is 0.236 e. The second-order valence-corrected chi connectivity index (χ2v) is 7.47. The first-order valence-electron chi connectivity index (χ1n) is 9.57. The number of nitrogens with zero attached hydrogens (tertiary/aromatic N) is 3. The van der Waals surface area contributed by atoms with Crippen molar-refractivity contribution in [1.82, 2.24) is 20.4 Å². The highest BCUT2D eigenvalue weighted by molar-refractivity contribution is 5.78. The van der Waals surface area contributed by atoms with Crippen molar-refractivity contribution in [3.63, 3.8) is 0 Å². The first kappa shape index (κ1) is 17.2. The molecule has 1 aliphatic carbocycles. The van der Waals surface area contributed by atoms with Crippen LogP contribution in [0.1, 0.15) is 54.9 Å². The maximum atomic E-state index is 12.8. The van der Waals surface area contributed by atoms with Crippen molar-refractivity contribution in [3.8, 4) is 0 Å². The lowest BCUT2D eigenvalue weighted by atomic mass is 9.81. The lowest BCUT2D eigenvalue weighted by Crippen LogP contribution is -2.50. The van der Waals surface area contributed by atoms with Crippen LogP contribution in [0.25, 0.3) is 0 Å². The summed E-state index contributed by atoms with van der Waals surface area (Å²) >= 11 is 0. The molecule has 6 heteroatoms. The standard InChI is InChI=1S/C20H26N4O2/c1-15-22-19(23-26-15)20(10-5-2-6-11-20)21-13-18(25)24-12-9-16-7-3-4-8-17(16)14-24/h3-4,7-8,21H,2,5-6,9-14H2,1H3. The normalized spacial score (nSPS) is 19.2. The van der Waals surface area contributed by atoms with E-state index < -0.39 is 0 Å². The van der Waals surface area contributed by atoms with E-state index in [1.807, 2.05) is 17.9 Å². The minimum absolute atomic E-state index is 0.143. The maximum absolute atomic E-state index is 12.8. The van der Waals surface area contributed by atoms with Gasteiger partial charge in [-0.25, -0.2) is 0 Å². The van der Waals surface area contributed by atoms with Crippen molar-refractivity contribution in [2.24, 2.45) is 0 Å². The van der Waals surface area contributed by atoms with Gasteiger partial charge in [-0.1, -0.05) is 48.7 Å². The Bertz CT molecular complexity index is 780. The third kappa shape index (κ3) is 3.38. The molecule has 138 valence electrons. The van der Waals surface area contributed by atoms with Crippen LogP contribution in [-0.2, 0) is 23.3 Å². The zero-order valence-electron chi connectivity index (χ0n) is 15.3. The molecule has 2 heterocycles. The largest absolute Gasteiger partial charge is 0.340 e. The summed E-state index contributed by atoms with van der Waals surface area (Å²) < 4.78 is 5.21. The van der Waals surface area contributed by atoms with Gasteiger partial charge in [-0.15, -0.1) is 0 Å². The van der Waals surface area contributed by atoms with Crippen molar-refractivity contribution in [2.75, 3.05) is 13.1 Å². The van der Waals surface area contributed by atoms with E-state index in [9.17, 15) is 4.79 Å². The average molecular weight is 354 g/mol. The minimum atomic E-state index is -0.334. The fourth-order valence-corrected chi connectivity index (χ4v) is 4.19. The number of hydrogen-bond acceptors (Lipinski definition) is 5. The average Bonchev–Trinajstić information content (AvgIpc) is 3.13. The minimum Gasteiger partial charge on any atom is -0.340 e. The number of aryl methyl sites for hydroxylation is 1. The van der Waals surface area contributed by atoms with Crippen LogP contribution in [0.3, 0.4) is 0 Å². The highest BCUT2D eigenvalue weighted by atomic mass is 16.5. The molecule has 0 unspecified atom stereocenters. The Morgan fingerprint density at radius 1 is 1.23 bits per heavy atom. The molecule has 1 aromatic carbocycles. The highest BCUT2D eigenvalue weighted by Gasteiger charge is 2.38. The van der Waals surface area contributed by atoms with Crippen molar-refractivity contribution in [2.45, 2.75) is 57.5 Å². The topological polar surface area (TPSA) is 71.3 Å². The summed E-state index contributed by atoms with van der Waals surface area (Å²) in [6.45, 7) is 3.61. The molecule has 0 atom stereocenters. The second kappa shape index (κ2) is 7.19. The number of hydrogen-bond donors (Lipinski definition) is 1. The van der Waals surface area contributed by atoms with Gasteiger partial charge in [-0.2, -0.15) is 4.98 Å². The van der Waals surface area contributed by atoms with Gasteiger partial charge in [0.2, 0.25) is 11.8 Å². The van der Waals surface area contributed by atoms with Crippen LogP contribution in [0.15, 0.2) is 28.8 Å². The third-order valence-corrected chi connectivity index (χ3v) is 5.72. The Balaban J connectivity index is 1.44. The van der Waals surface area contributed by atoms with Gasteiger partial charge in [0.05, 0.1) is 12.1 Å². The number of fused-ring (bicyclic) bond motifs is 1. The molecule has 0 radical (unpaired) electrons. The molecule has 6 nitrogen and oxygen atoms in total. The number of benzene rings is 1. The van der Waals surface area contributed by atoms with E-state index in [-0.39, 0.29) is 11.4 Å². The van der Waals surface area contributed by atoms with Gasteiger partial charge in [0.15, 0.2) is 5.82 Å². The molecule has 2 aromatic rings. The molecule has 4 rings (SSSR count). The van der Waals surface area contributed by atoms with Gasteiger partial charge in [0, 0.05) is 20.0 Å². The van der Waals surface area contributed by atoms with Gasteiger partial charge < -0.3 is 9.42 Å². The molecule has 1 fully saturated rings. The van der Waals surface area contributed by atoms with Crippen LogP contribution in [0.5, 0.6) is 0 Å². The molecule has 1 amide bonds. The fraction of sp³-hybridized carbons (Fsp3) is 0.550. The second-order valence-electron chi connectivity index (χ2n) is 7.47. The summed E-state index contributed by atoms with van der Waals surface area (Å²) in [5, 5.41) is 7.67. The summed E-state index contributed by atoms with van der Waals surface area (Å²) in [6.07, 6.45) is 6.27. The Morgan fingerprint density at radius 3 is 2.73 bits per heavy atom. The summed E-state index contributed by atoms with van der Waals surface area (Å²) in [7, 11) is 0. The molecular weight excluding hydrogens is 328 g/mol. The lowest BCUT2D eigenvalue weighted by Gasteiger charge is -2.36. The van der Waals surface area contributed by atoms with E-state index in [1.54, 1.807) is 0 Å². The SMILES string of the molecule is Cc1nc(C2(NCC(=O)N3CCc4ccccc4C3)CCCCC2)no1. The number of carbonyl (C=O) groups excluding carboxylic acids is 1. The third-order valence-electron chi connectivity index (χ3n) is 5.72. The number of amides is 1. The zero-order chi connectivity index (χ0) is 18.0. The quantitative estimate of drug-likeness (QED) is 0.914. The Kier molecular flexibility index (Phi) is 4.76. The van der Waals surface area contributed by atoms with Gasteiger partial charge >= 0.3 is 0 Å². The van der Waals surface area contributed by atoms with E-state index in [4.69, 9.17) is 4.52 Å². The molecule has 1 N–H and O–H groups in total. The fourth-order valence-electron chi connectivity index (χ4n) is 4.19. The van der Waals surface area contributed by atoms with Gasteiger partial charge in [0.1, 0.15) is 0 Å². The number of rotatable bonds is 4. The van der Waals surface area contributed by atoms with Crippen LogP contribution in [-0.4, -0.2) is 34.0 Å². The molecule has 2 aliphatic rings. The number of carbonyl (C=O) groups is 1. The maximum Gasteiger partial charge on any atom is 0.236 e. The van der Waals surface area contributed by atoms with Crippen molar-refractivity contribution in [3.05, 3.63) is 47.1 Å². The van der Waals surface area contributed by atoms with E-state index in [0.717, 1.165) is 38.6 Å². The van der Waals surface area contributed by atoms with Crippen molar-refractivity contribution >= 4 is 5.91 Å². The van der Waals surface area contributed by atoms with Crippen LogP contribution in [0, 0.1) is 6.92 Å². The first-order valence-corrected chi connectivity index (χ1v) is 9.57. The molecule has 1 saturated carbocycles. The van der Waals surface area contributed by atoms with Crippen LogP contribution in [0.4, 0.5) is 0 Å². The summed E-state index contributed by atoms with van der Waals surface area (Å²) in [4.78, 5) is 19.2. The molecule has 0 bridgehead atoms. The zero-order valence-corrected chi connectivity index (χ0v) is 15.3. The van der Waals surface area contributed by atoms with Crippen LogP contribution < -0.4 is 5.32 Å². The highest BCUT2D eigenvalue weighted by Crippen LogP contribution is 2.35. The number of nitrogens with one attached hydrogen (secondary N) is 1. The molecule has 26 heavy (non-hydrogen) atoms. The summed E-state index contributed by atoms with van der Waals surface area (Å²) in [5.74, 6) is 1.42. The predicted octanol–water partition coefficient (Wildman–Crippen LogP) is 2.71. The Morgan fingerprint density at radius 2 is 2.00 bits per heavy atom. The van der Waals surface area contributed by atoms with E-state index in [2.05, 4.69) is 33.7 Å². The van der Waals surface area contributed by atoms with Crippen LogP contribution >= 0.6 is 0 Å². The van der Waals surface area contributed by atoms with E-state index >= 15 is 0 Å².